The van der Waals surface area contributed by atoms with Crippen LogP contribution in [0.15, 0.2) is 69.6 Å². The second-order valence-corrected chi connectivity index (χ2v) is 9.25. The van der Waals surface area contributed by atoms with Crippen LogP contribution < -0.4 is 10.1 Å². The molecular formula is C22H16Br2N2O2S. The molecule has 3 aromatic carbocycles. The normalized spacial score (nSPS) is 10.9. The number of hydrogen-bond donors (Lipinski definition) is 1. The third-order valence-corrected chi connectivity index (χ3v) is 6.39. The molecular weight excluding hydrogens is 516 g/mol. The Bertz CT molecular complexity index is 1160. The number of hydrogen-bond acceptors (Lipinski definition) is 4. The van der Waals surface area contributed by atoms with E-state index in [-0.39, 0.29) is 12.5 Å². The third-order valence-electron chi connectivity index (χ3n) is 4.23. The van der Waals surface area contributed by atoms with Crippen LogP contribution in [-0.4, -0.2) is 17.5 Å². The first-order valence-corrected chi connectivity index (χ1v) is 11.2. The van der Waals surface area contributed by atoms with Gasteiger partial charge in [0.2, 0.25) is 0 Å². The van der Waals surface area contributed by atoms with Gasteiger partial charge in [-0.25, -0.2) is 4.98 Å². The molecule has 7 heteroatoms. The van der Waals surface area contributed by atoms with Crippen molar-refractivity contribution in [3.63, 3.8) is 0 Å². The molecule has 0 radical (unpaired) electrons. The topological polar surface area (TPSA) is 51.2 Å². The van der Waals surface area contributed by atoms with Crippen LogP contribution in [0.2, 0.25) is 0 Å². The maximum Gasteiger partial charge on any atom is 0.262 e. The summed E-state index contributed by atoms with van der Waals surface area (Å²) in [6, 6.07) is 19.4. The summed E-state index contributed by atoms with van der Waals surface area (Å²) in [5, 5.41) is 3.80. The largest absolute Gasteiger partial charge is 0.484 e. The molecule has 0 unspecified atom stereocenters. The average molecular weight is 532 g/mol. The molecule has 0 atom stereocenters. The fourth-order valence-electron chi connectivity index (χ4n) is 2.82. The minimum atomic E-state index is -0.240. The van der Waals surface area contributed by atoms with Crippen LogP contribution in [0.1, 0.15) is 5.56 Å². The summed E-state index contributed by atoms with van der Waals surface area (Å²) in [6.07, 6.45) is 0. The summed E-state index contributed by atoms with van der Waals surface area (Å²) >= 11 is 8.68. The van der Waals surface area contributed by atoms with Gasteiger partial charge in [0.15, 0.2) is 6.61 Å². The summed E-state index contributed by atoms with van der Waals surface area (Å²) in [5.74, 6) is 0.419. The van der Waals surface area contributed by atoms with Crippen LogP contribution in [0, 0.1) is 6.92 Å². The van der Waals surface area contributed by atoms with Crippen molar-refractivity contribution in [2.24, 2.45) is 0 Å². The number of halogens is 2. The summed E-state index contributed by atoms with van der Waals surface area (Å²) in [7, 11) is 0. The third kappa shape index (κ3) is 4.69. The van der Waals surface area contributed by atoms with E-state index in [1.54, 1.807) is 11.3 Å². The van der Waals surface area contributed by atoms with E-state index in [0.717, 1.165) is 35.3 Å². The van der Waals surface area contributed by atoms with Crippen molar-refractivity contribution in [1.82, 2.24) is 4.98 Å². The van der Waals surface area contributed by atoms with Gasteiger partial charge in [0, 0.05) is 14.5 Å². The molecule has 4 nitrogen and oxygen atoms in total. The van der Waals surface area contributed by atoms with Gasteiger partial charge in [0.05, 0.1) is 15.9 Å². The number of nitrogens with one attached hydrogen (secondary N) is 1. The highest BCUT2D eigenvalue weighted by molar-refractivity contribution is 9.11. The SMILES string of the molecule is Cc1ccc(OCC(=O)Nc2c(Br)cc(Br)cc2-c2nc3ccccc3s2)cc1. The molecule has 0 saturated heterocycles. The number of thiazole rings is 1. The van der Waals surface area contributed by atoms with Crippen LogP contribution in [-0.2, 0) is 4.79 Å². The van der Waals surface area contributed by atoms with E-state index in [1.807, 2.05) is 67.6 Å². The lowest BCUT2D eigenvalue weighted by atomic mass is 10.2. The van der Waals surface area contributed by atoms with E-state index in [4.69, 9.17) is 9.72 Å². The first-order valence-electron chi connectivity index (χ1n) is 8.84. The lowest BCUT2D eigenvalue weighted by Gasteiger charge is -2.13. The predicted octanol–water partition coefficient (Wildman–Crippen LogP) is 6.81. The molecule has 0 spiro atoms. The number of carbonyl (C=O) groups excluding carboxylic acids is 1. The Kier molecular flexibility index (Phi) is 5.99. The van der Waals surface area contributed by atoms with Gasteiger partial charge in [-0.15, -0.1) is 11.3 Å². The Morgan fingerprint density at radius 1 is 1.10 bits per heavy atom. The average Bonchev–Trinajstić information content (AvgIpc) is 3.13. The van der Waals surface area contributed by atoms with Crippen molar-refractivity contribution in [2.75, 3.05) is 11.9 Å². The Morgan fingerprint density at radius 3 is 2.62 bits per heavy atom. The summed E-state index contributed by atoms with van der Waals surface area (Å²) in [4.78, 5) is 17.3. The molecule has 1 amide bonds. The zero-order valence-electron chi connectivity index (χ0n) is 15.4. The molecule has 1 aromatic heterocycles. The number of rotatable bonds is 5. The van der Waals surface area contributed by atoms with Crippen molar-refractivity contribution < 1.29 is 9.53 Å². The summed E-state index contributed by atoms with van der Waals surface area (Å²) < 4.78 is 8.36. The first-order chi connectivity index (χ1) is 14.0. The van der Waals surface area contributed by atoms with Crippen LogP contribution in [0.3, 0.4) is 0 Å². The number of para-hydroxylation sites is 1. The van der Waals surface area contributed by atoms with Gasteiger partial charge in [0.25, 0.3) is 5.91 Å². The first kappa shape index (κ1) is 20.1. The van der Waals surface area contributed by atoms with Crippen LogP contribution in [0.4, 0.5) is 5.69 Å². The van der Waals surface area contributed by atoms with Gasteiger partial charge in [-0.1, -0.05) is 45.8 Å². The van der Waals surface area contributed by atoms with Crippen molar-refractivity contribution in [1.29, 1.82) is 0 Å². The molecule has 0 bridgehead atoms. The fourth-order valence-corrected chi connectivity index (χ4v) is 5.13. The number of aryl methyl sites for hydroxylation is 1. The van der Waals surface area contributed by atoms with E-state index in [0.29, 0.717) is 11.4 Å². The molecule has 0 fully saturated rings. The maximum atomic E-state index is 12.6. The zero-order valence-corrected chi connectivity index (χ0v) is 19.4. The number of nitrogens with zero attached hydrogens (tertiary/aromatic N) is 1. The smallest absolute Gasteiger partial charge is 0.262 e. The second-order valence-electron chi connectivity index (χ2n) is 6.45. The number of anilines is 1. The van der Waals surface area contributed by atoms with E-state index < -0.39 is 0 Å². The van der Waals surface area contributed by atoms with Gasteiger partial charge >= 0.3 is 0 Å². The highest BCUT2D eigenvalue weighted by Crippen LogP contribution is 2.40. The van der Waals surface area contributed by atoms with E-state index in [1.165, 1.54) is 0 Å². The zero-order chi connectivity index (χ0) is 20.4. The molecule has 29 heavy (non-hydrogen) atoms. The second kappa shape index (κ2) is 8.65. The number of fused-ring (bicyclic) bond motifs is 1. The van der Waals surface area contributed by atoms with Crippen LogP contribution in [0.5, 0.6) is 5.75 Å². The molecule has 4 aromatic rings. The number of carbonyl (C=O) groups is 1. The number of ether oxygens (including phenoxy) is 1. The fraction of sp³-hybridized carbons (Fsp3) is 0.0909. The quantitative estimate of drug-likeness (QED) is 0.307. The van der Waals surface area contributed by atoms with E-state index in [2.05, 4.69) is 37.2 Å². The molecule has 0 aliphatic rings. The minimum Gasteiger partial charge on any atom is -0.484 e. The lowest BCUT2D eigenvalue weighted by Crippen LogP contribution is -2.20. The maximum absolute atomic E-state index is 12.6. The number of benzene rings is 3. The van der Waals surface area contributed by atoms with Gasteiger partial charge < -0.3 is 10.1 Å². The Labute approximate surface area is 189 Å². The van der Waals surface area contributed by atoms with E-state index >= 15 is 0 Å². The number of amides is 1. The Balaban J connectivity index is 1.59. The Morgan fingerprint density at radius 2 is 1.86 bits per heavy atom. The van der Waals surface area contributed by atoms with Gasteiger partial charge in [-0.2, -0.15) is 0 Å². The van der Waals surface area contributed by atoms with Gasteiger partial charge in [-0.05, 0) is 59.3 Å². The van der Waals surface area contributed by atoms with E-state index in [9.17, 15) is 4.79 Å². The van der Waals surface area contributed by atoms with Crippen molar-refractivity contribution >= 4 is 65.0 Å². The monoisotopic (exact) mass is 530 g/mol. The molecule has 4 rings (SSSR count). The lowest BCUT2D eigenvalue weighted by molar-refractivity contribution is -0.118. The van der Waals surface area contributed by atoms with Gasteiger partial charge in [-0.3, -0.25) is 4.79 Å². The highest BCUT2D eigenvalue weighted by atomic mass is 79.9. The molecule has 146 valence electrons. The van der Waals surface area contributed by atoms with Crippen LogP contribution >= 0.6 is 43.2 Å². The molecule has 1 heterocycles. The highest BCUT2D eigenvalue weighted by Gasteiger charge is 2.17. The molecule has 1 N–H and O–H groups in total. The summed E-state index contributed by atoms with van der Waals surface area (Å²) in [5.41, 5.74) is 3.59. The molecule has 0 aliphatic carbocycles. The van der Waals surface area contributed by atoms with Crippen molar-refractivity contribution in [3.05, 3.63) is 75.2 Å². The van der Waals surface area contributed by atoms with Crippen molar-refractivity contribution in [2.45, 2.75) is 6.92 Å². The predicted molar refractivity (Wildman–Crippen MR) is 126 cm³/mol. The minimum absolute atomic E-state index is 0.0785. The van der Waals surface area contributed by atoms with Crippen LogP contribution in [0.25, 0.3) is 20.8 Å². The van der Waals surface area contributed by atoms with Crippen molar-refractivity contribution in [3.8, 4) is 16.3 Å². The molecule has 0 aliphatic heterocycles. The summed E-state index contributed by atoms with van der Waals surface area (Å²) in [6.45, 7) is 1.93. The standard InChI is InChI=1S/C22H16Br2N2O2S/c1-13-6-8-15(9-7-13)28-12-20(27)26-21-16(10-14(23)11-17(21)24)22-25-18-4-2-3-5-19(18)29-22/h2-11H,12H2,1H3,(H,26,27). The molecule has 0 saturated carbocycles. The number of aromatic nitrogens is 1. The van der Waals surface area contributed by atoms with Gasteiger partial charge in [0.1, 0.15) is 10.8 Å². The Hall–Kier alpha value is -2.22.